The van der Waals surface area contributed by atoms with Gasteiger partial charge >= 0.3 is 0 Å². The lowest BCUT2D eigenvalue weighted by Gasteiger charge is -2.29. The minimum absolute atomic E-state index is 0.0174. The van der Waals surface area contributed by atoms with Crippen molar-refractivity contribution < 1.29 is 23.0 Å². The molecule has 0 aliphatic heterocycles. The minimum Gasteiger partial charge on any atom is -0.480 e. The molecule has 1 N–H and O–H groups in total. The zero-order valence-corrected chi connectivity index (χ0v) is 16.1. The van der Waals surface area contributed by atoms with E-state index in [-0.39, 0.29) is 28.5 Å². The molecule has 2 aromatic rings. The lowest BCUT2D eigenvalue weighted by Crippen LogP contribution is -2.40. The Labute approximate surface area is 166 Å². The molecule has 0 unspecified atom stereocenters. The van der Waals surface area contributed by atoms with Gasteiger partial charge in [-0.15, -0.1) is 0 Å². The Balaban J connectivity index is 1.52. The number of aromatic nitrogens is 2. The number of carbonyl (C=O) groups is 1. The van der Waals surface area contributed by atoms with Crippen molar-refractivity contribution in [3.05, 3.63) is 42.2 Å². The maximum Gasteiger partial charge on any atom is 0.288 e. The first kappa shape index (κ1) is 20.3. The van der Waals surface area contributed by atoms with E-state index < -0.39 is 5.76 Å². The van der Waals surface area contributed by atoms with Crippen molar-refractivity contribution in [1.82, 2.24) is 15.3 Å². The number of rotatable bonds is 7. The van der Waals surface area contributed by atoms with Gasteiger partial charge in [-0.05, 0) is 37.8 Å². The highest BCUT2D eigenvalue weighted by atomic mass is 32.2. The van der Waals surface area contributed by atoms with Crippen LogP contribution in [0.4, 0.5) is 8.78 Å². The predicted molar refractivity (Wildman–Crippen MR) is 101 cm³/mol. The van der Waals surface area contributed by atoms with E-state index in [1.807, 2.05) is 0 Å². The molecule has 1 fully saturated rings. The van der Waals surface area contributed by atoms with Crippen molar-refractivity contribution in [3.63, 3.8) is 0 Å². The van der Waals surface area contributed by atoms with Gasteiger partial charge in [-0.1, -0.05) is 23.9 Å². The second-order valence-electron chi connectivity index (χ2n) is 6.34. The summed E-state index contributed by atoms with van der Waals surface area (Å²) in [4.78, 5) is 21.0. The molecule has 6 nitrogen and oxygen atoms in total. The third kappa shape index (κ3) is 5.54. The summed E-state index contributed by atoms with van der Waals surface area (Å²) in [6.45, 7) is 0. The van der Waals surface area contributed by atoms with Crippen LogP contribution in [0.3, 0.4) is 0 Å². The number of ether oxygens (including phenoxy) is 2. The molecule has 0 spiro atoms. The molecule has 0 bridgehead atoms. The Morgan fingerprint density at radius 1 is 1.18 bits per heavy atom. The van der Waals surface area contributed by atoms with Gasteiger partial charge in [-0.25, -0.2) is 0 Å². The first-order valence-electron chi connectivity index (χ1n) is 8.92. The molecule has 0 atom stereocenters. The Hall–Kier alpha value is -2.42. The van der Waals surface area contributed by atoms with Gasteiger partial charge in [0.05, 0.1) is 25.1 Å². The molecule has 1 heterocycles. The van der Waals surface area contributed by atoms with Crippen LogP contribution < -0.4 is 14.8 Å². The van der Waals surface area contributed by atoms with Crippen LogP contribution in [0.2, 0.25) is 0 Å². The number of benzene rings is 1. The molecule has 1 saturated carbocycles. The number of hydrogen-bond acceptors (Lipinski definition) is 6. The molecule has 3 rings (SSSR count). The molecule has 1 aliphatic rings. The van der Waals surface area contributed by atoms with E-state index in [1.54, 1.807) is 18.2 Å². The standard InChI is InChI=1S/C19H21F2N3O3S/c1-26-16-10-22-11-17(24-16)27-13-8-6-12(7-9-13)23-18(25)14-4-2-3-5-15(14)28-19(20)21/h2-5,10-13,19H,6-9H2,1H3,(H,23,25). The third-order valence-corrected chi connectivity index (χ3v) is 5.23. The van der Waals surface area contributed by atoms with E-state index >= 15 is 0 Å². The lowest BCUT2D eigenvalue weighted by atomic mass is 9.92. The molecule has 1 amide bonds. The van der Waals surface area contributed by atoms with Crippen LogP contribution >= 0.6 is 11.8 Å². The average molecular weight is 409 g/mol. The summed E-state index contributed by atoms with van der Waals surface area (Å²) in [7, 11) is 1.51. The number of alkyl halides is 2. The summed E-state index contributed by atoms with van der Waals surface area (Å²) < 4.78 is 36.3. The molecule has 1 aliphatic carbocycles. The van der Waals surface area contributed by atoms with Crippen molar-refractivity contribution in [3.8, 4) is 11.8 Å². The minimum atomic E-state index is -2.57. The molecule has 0 radical (unpaired) electrons. The van der Waals surface area contributed by atoms with E-state index in [4.69, 9.17) is 9.47 Å². The maximum absolute atomic E-state index is 12.7. The van der Waals surface area contributed by atoms with Crippen molar-refractivity contribution in [2.45, 2.75) is 48.5 Å². The Kier molecular flexibility index (Phi) is 7.02. The van der Waals surface area contributed by atoms with Gasteiger partial charge in [0.25, 0.3) is 11.7 Å². The van der Waals surface area contributed by atoms with Crippen LogP contribution in [0.25, 0.3) is 0 Å². The Morgan fingerprint density at radius 2 is 1.89 bits per heavy atom. The Bertz CT molecular complexity index is 801. The molecule has 1 aromatic carbocycles. The second-order valence-corrected chi connectivity index (χ2v) is 7.37. The smallest absolute Gasteiger partial charge is 0.288 e. The topological polar surface area (TPSA) is 73.3 Å². The summed E-state index contributed by atoms with van der Waals surface area (Å²) >= 11 is 0.383. The summed E-state index contributed by atoms with van der Waals surface area (Å²) in [5.41, 5.74) is 0.276. The van der Waals surface area contributed by atoms with Gasteiger partial charge in [-0.3, -0.25) is 9.78 Å². The van der Waals surface area contributed by atoms with Crippen molar-refractivity contribution in [2.75, 3.05) is 7.11 Å². The fourth-order valence-corrected chi connectivity index (χ4v) is 3.73. The van der Waals surface area contributed by atoms with Gasteiger partial charge in [0.1, 0.15) is 6.10 Å². The number of amides is 1. The second kappa shape index (κ2) is 9.68. The number of hydrogen-bond donors (Lipinski definition) is 1. The van der Waals surface area contributed by atoms with Gasteiger partial charge in [0, 0.05) is 10.9 Å². The van der Waals surface area contributed by atoms with Crippen LogP contribution in [-0.2, 0) is 0 Å². The Morgan fingerprint density at radius 3 is 2.61 bits per heavy atom. The molecule has 0 saturated heterocycles. The van der Waals surface area contributed by atoms with Crippen molar-refractivity contribution in [2.24, 2.45) is 0 Å². The number of methoxy groups -OCH3 is 1. The van der Waals surface area contributed by atoms with E-state index in [0.717, 1.165) is 25.7 Å². The molecule has 9 heteroatoms. The van der Waals surface area contributed by atoms with Crippen molar-refractivity contribution in [1.29, 1.82) is 0 Å². The first-order chi connectivity index (χ1) is 13.5. The monoisotopic (exact) mass is 409 g/mol. The van der Waals surface area contributed by atoms with E-state index in [9.17, 15) is 13.6 Å². The number of nitrogens with zero attached hydrogens (tertiary/aromatic N) is 2. The van der Waals surface area contributed by atoms with Gasteiger partial charge in [0.15, 0.2) is 0 Å². The third-order valence-electron chi connectivity index (χ3n) is 4.44. The number of halogens is 2. The summed E-state index contributed by atoms with van der Waals surface area (Å²) in [6, 6.07) is 6.39. The highest BCUT2D eigenvalue weighted by Gasteiger charge is 2.25. The van der Waals surface area contributed by atoms with Crippen molar-refractivity contribution >= 4 is 17.7 Å². The van der Waals surface area contributed by atoms with Crippen LogP contribution in [0.15, 0.2) is 41.6 Å². The zero-order chi connectivity index (χ0) is 19.9. The fourth-order valence-electron chi connectivity index (χ4n) is 3.10. The molecule has 150 valence electrons. The van der Waals surface area contributed by atoms with E-state index in [0.29, 0.717) is 23.5 Å². The highest BCUT2D eigenvalue weighted by molar-refractivity contribution is 7.99. The molecule has 1 aromatic heterocycles. The SMILES string of the molecule is COc1cncc(OC2CCC(NC(=O)c3ccccc3SC(F)F)CC2)n1. The van der Waals surface area contributed by atoms with Crippen LogP contribution in [0.1, 0.15) is 36.0 Å². The fraction of sp³-hybridized carbons (Fsp3) is 0.421. The van der Waals surface area contributed by atoms with Gasteiger partial charge in [0.2, 0.25) is 11.8 Å². The maximum atomic E-state index is 12.7. The summed E-state index contributed by atoms with van der Waals surface area (Å²) in [5, 5.41) is 2.95. The molecular formula is C19H21F2N3O3S. The first-order valence-corrected chi connectivity index (χ1v) is 9.80. The molecule has 28 heavy (non-hydrogen) atoms. The number of thioether (sulfide) groups is 1. The van der Waals surface area contributed by atoms with Crippen LogP contribution in [0, 0.1) is 0 Å². The quantitative estimate of drug-likeness (QED) is 0.699. The van der Waals surface area contributed by atoms with Crippen LogP contribution in [-0.4, -0.2) is 40.9 Å². The number of carbonyl (C=O) groups excluding carboxylic acids is 1. The summed E-state index contributed by atoms with van der Waals surface area (Å²) in [5.74, 6) is -2.10. The largest absolute Gasteiger partial charge is 0.480 e. The normalized spacial score (nSPS) is 19.3. The van der Waals surface area contributed by atoms with E-state index in [2.05, 4.69) is 15.3 Å². The van der Waals surface area contributed by atoms with Gasteiger partial charge < -0.3 is 14.8 Å². The highest BCUT2D eigenvalue weighted by Crippen LogP contribution is 2.29. The van der Waals surface area contributed by atoms with Crippen LogP contribution in [0.5, 0.6) is 11.8 Å². The van der Waals surface area contributed by atoms with E-state index in [1.165, 1.54) is 25.6 Å². The number of nitrogens with one attached hydrogen (secondary N) is 1. The van der Waals surface area contributed by atoms with Gasteiger partial charge in [-0.2, -0.15) is 13.8 Å². The lowest BCUT2D eigenvalue weighted by molar-refractivity contribution is 0.0886. The average Bonchev–Trinajstić information content (AvgIpc) is 2.69. The zero-order valence-electron chi connectivity index (χ0n) is 15.3. The summed E-state index contributed by atoms with van der Waals surface area (Å²) in [6.07, 6.45) is 5.98. The molecular weight excluding hydrogens is 388 g/mol. The predicted octanol–water partition coefficient (Wildman–Crippen LogP) is 3.92.